The Labute approximate surface area is 117 Å². The Balaban J connectivity index is 2.16. The topological polar surface area (TPSA) is 74.8 Å². The fourth-order valence-electron chi connectivity index (χ4n) is 1.64. The van der Waals surface area contributed by atoms with E-state index in [1.807, 2.05) is 12.1 Å². The molecule has 5 nitrogen and oxygen atoms in total. The van der Waals surface area contributed by atoms with Crippen molar-refractivity contribution in [2.75, 3.05) is 16.4 Å². The molecule has 0 unspecified atom stereocenters. The number of alkyl halides is 1. The second-order valence-corrected chi connectivity index (χ2v) is 6.23. The van der Waals surface area contributed by atoms with Gasteiger partial charge in [0.05, 0.1) is 11.4 Å². The molecular weight excluding hydrogens is 286 g/mol. The van der Waals surface area contributed by atoms with Gasteiger partial charge < -0.3 is 0 Å². The molecule has 0 fully saturated rings. The average Bonchev–Trinajstić information content (AvgIpc) is 2.90. The minimum Gasteiger partial charge on any atom is -0.284 e. The summed E-state index contributed by atoms with van der Waals surface area (Å²) >= 11 is 5.50. The first-order chi connectivity index (χ1) is 9.11. The van der Waals surface area contributed by atoms with Gasteiger partial charge in [0.1, 0.15) is 0 Å². The molecule has 0 radical (unpaired) electrons. The van der Waals surface area contributed by atoms with Crippen molar-refractivity contribution in [2.45, 2.75) is 6.42 Å². The third kappa shape index (κ3) is 3.97. The zero-order valence-corrected chi connectivity index (χ0v) is 11.7. The molecular formula is C12H14ClN3O2S. The number of rotatable bonds is 6. The molecule has 1 aromatic heterocycles. The highest BCUT2D eigenvalue weighted by molar-refractivity contribution is 7.92. The number of aromatic amines is 1. The minimum atomic E-state index is -3.34. The van der Waals surface area contributed by atoms with E-state index in [0.717, 1.165) is 11.3 Å². The molecule has 0 aliphatic carbocycles. The number of sulfonamides is 1. The van der Waals surface area contributed by atoms with Gasteiger partial charge in [-0.1, -0.05) is 12.1 Å². The number of hydrogen-bond acceptors (Lipinski definition) is 3. The van der Waals surface area contributed by atoms with Crippen LogP contribution in [0, 0.1) is 0 Å². The van der Waals surface area contributed by atoms with E-state index in [9.17, 15) is 8.42 Å². The molecule has 19 heavy (non-hydrogen) atoms. The SMILES string of the molecule is O=S(=O)(CCCCl)Nc1cccc(-c2ccn[nH]2)c1. The van der Waals surface area contributed by atoms with Crippen LogP contribution in [0.15, 0.2) is 36.5 Å². The maximum absolute atomic E-state index is 11.8. The third-order valence-electron chi connectivity index (χ3n) is 2.49. The number of anilines is 1. The number of nitrogens with one attached hydrogen (secondary N) is 2. The summed E-state index contributed by atoms with van der Waals surface area (Å²) in [4.78, 5) is 0. The maximum Gasteiger partial charge on any atom is 0.232 e. The number of aromatic nitrogens is 2. The second-order valence-electron chi connectivity index (χ2n) is 4.01. The smallest absolute Gasteiger partial charge is 0.232 e. The van der Waals surface area contributed by atoms with Gasteiger partial charge in [0.2, 0.25) is 10.0 Å². The monoisotopic (exact) mass is 299 g/mol. The van der Waals surface area contributed by atoms with Crippen molar-refractivity contribution in [3.05, 3.63) is 36.5 Å². The molecule has 0 atom stereocenters. The maximum atomic E-state index is 11.8. The van der Waals surface area contributed by atoms with Crippen LogP contribution in [0.1, 0.15) is 6.42 Å². The zero-order valence-electron chi connectivity index (χ0n) is 10.1. The summed E-state index contributed by atoms with van der Waals surface area (Å²) in [5.74, 6) is 0.347. The van der Waals surface area contributed by atoms with E-state index in [0.29, 0.717) is 18.0 Å². The molecule has 0 amide bonds. The van der Waals surface area contributed by atoms with Crippen LogP contribution in [0.2, 0.25) is 0 Å². The normalized spacial score (nSPS) is 11.4. The highest BCUT2D eigenvalue weighted by Crippen LogP contribution is 2.21. The molecule has 2 N–H and O–H groups in total. The largest absolute Gasteiger partial charge is 0.284 e. The molecule has 0 aliphatic heterocycles. The van der Waals surface area contributed by atoms with Gasteiger partial charge in [-0.25, -0.2) is 8.42 Å². The number of halogens is 1. The molecule has 2 aromatic rings. The van der Waals surface area contributed by atoms with E-state index < -0.39 is 10.0 Å². The summed E-state index contributed by atoms with van der Waals surface area (Å²) in [6, 6.07) is 8.95. The molecule has 7 heteroatoms. The van der Waals surface area contributed by atoms with E-state index in [-0.39, 0.29) is 5.75 Å². The highest BCUT2D eigenvalue weighted by atomic mass is 35.5. The molecule has 2 rings (SSSR count). The van der Waals surface area contributed by atoms with Gasteiger partial charge in [0, 0.05) is 23.3 Å². The Kier molecular flexibility index (Phi) is 4.44. The lowest BCUT2D eigenvalue weighted by Gasteiger charge is -2.08. The molecule has 0 bridgehead atoms. The minimum absolute atomic E-state index is 0.0186. The summed E-state index contributed by atoms with van der Waals surface area (Å²) in [5, 5.41) is 6.70. The van der Waals surface area contributed by atoms with Gasteiger partial charge >= 0.3 is 0 Å². The van der Waals surface area contributed by atoms with Crippen LogP contribution in [0.4, 0.5) is 5.69 Å². The fourth-order valence-corrected chi connectivity index (χ4v) is 3.05. The summed E-state index contributed by atoms with van der Waals surface area (Å²) < 4.78 is 26.1. The van der Waals surface area contributed by atoms with Crippen molar-refractivity contribution >= 4 is 27.3 Å². The number of H-pyrrole nitrogens is 1. The Bertz CT molecular complexity index is 626. The van der Waals surface area contributed by atoms with Crippen LogP contribution in [0.25, 0.3) is 11.3 Å². The van der Waals surface area contributed by atoms with E-state index in [4.69, 9.17) is 11.6 Å². The van der Waals surface area contributed by atoms with Crippen molar-refractivity contribution in [3.63, 3.8) is 0 Å². The quantitative estimate of drug-likeness (QED) is 0.805. The number of hydrogen-bond donors (Lipinski definition) is 2. The first kappa shape index (κ1) is 13.9. The Morgan fingerprint density at radius 1 is 1.32 bits per heavy atom. The summed E-state index contributed by atoms with van der Waals surface area (Å²) in [6.07, 6.45) is 2.07. The predicted octanol–water partition coefficient (Wildman–Crippen LogP) is 2.45. The molecule has 0 aliphatic rings. The molecule has 0 saturated heterocycles. The number of nitrogens with zero attached hydrogens (tertiary/aromatic N) is 1. The lowest BCUT2D eigenvalue weighted by atomic mass is 10.1. The average molecular weight is 300 g/mol. The molecule has 1 aromatic carbocycles. The standard InChI is InChI=1S/C12H14ClN3O2S/c13-6-2-8-19(17,18)16-11-4-1-3-10(9-11)12-5-7-14-15-12/h1,3-5,7,9,16H,2,6,8H2,(H,14,15). The molecule has 0 spiro atoms. The number of benzene rings is 1. The van der Waals surface area contributed by atoms with Crippen molar-refractivity contribution in [2.24, 2.45) is 0 Å². The summed E-state index contributed by atoms with van der Waals surface area (Å²) in [5.41, 5.74) is 2.23. The van der Waals surface area contributed by atoms with Crippen LogP contribution in [-0.2, 0) is 10.0 Å². The first-order valence-corrected chi connectivity index (χ1v) is 7.96. The van der Waals surface area contributed by atoms with Crippen LogP contribution >= 0.6 is 11.6 Å². The lowest BCUT2D eigenvalue weighted by molar-refractivity contribution is 0.600. The van der Waals surface area contributed by atoms with Crippen molar-refractivity contribution in [1.82, 2.24) is 10.2 Å². The zero-order chi connectivity index (χ0) is 13.7. The van der Waals surface area contributed by atoms with Crippen LogP contribution < -0.4 is 4.72 Å². The van der Waals surface area contributed by atoms with E-state index in [1.54, 1.807) is 24.4 Å². The molecule has 102 valence electrons. The second kappa shape index (κ2) is 6.08. The van der Waals surface area contributed by atoms with Gasteiger partial charge in [-0.2, -0.15) is 5.10 Å². The van der Waals surface area contributed by atoms with E-state index in [1.165, 1.54) is 0 Å². The molecule has 1 heterocycles. The van der Waals surface area contributed by atoms with E-state index >= 15 is 0 Å². The summed E-state index contributed by atoms with van der Waals surface area (Å²) in [6.45, 7) is 0. The van der Waals surface area contributed by atoms with Gasteiger partial charge in [0.25, 0.3) is 0 Å². The van der Waals surface area contributed by atoms with Crippen LogP contribution in [0.5, 0.6) is 0 Å². The Morgan fingerprint density at radius 3 is 2.84 bits per heavy atom. The van der Waals surface area contributed by atoms with Crippen molar-refractivity contribution in [3.8, 4) is 11.3 Å². The van der Waals surface area contributed by atoms with Crippen LogP contribution in [-0.4, -0.2) is 30.2 Å². The van der Waals surface area contributed by atoms with Gasteiger partial charge in [-0.3, -0.25) is 9.82 Å². The summed E-state index contributed by atoms with van der Waals surface area (Å²) in [7, 11) is -3.34. The van der Waals surface area contributed by atoms with Gasteiger partial charge in [0.15, 0.2) is 0 Å². The first-order valence-electron chi connectivity index (χ1n) is 5.77. The lowest BCUT2D eigenvalue weighted by Crippen LogP contribution is -2.16. The Hall–Kier alpha value is -1.53. The fraction of sp³-hybridized carbons (Fsp3) is 0.250. The van der Waals surface area contributed by atoms with E-state index in [2.05, 4.69) is 14.9 Å². The Morgan fingerprint density at radius 2 is 2.16 bits per heavy atom. The highest BCUT2D eigenvalue weighted by Gasteiger charge is 2.10. The predicted molar refractivity (Wildman–Crippen MR) is 76.8 cm³/mol. The van der Waals surface area contributed by atoms with Gasteiger partial charge in [-0.05, 0) is 24.6 Å². The van der Waals surface area contributed by atoms with Crippen molar-refractivity contribution in [1.29, 1.82) is 0 Å². The van der Waals surface area contributed by atoms with Crippen LogP contribution in [0.3, 0.4) is 0 Å². The van der Waals surface area contributed by atoms with Crippen molar-refractivity contribution < 1.29 is 8.42 Å². The third-order valence-corrected chi connectivity index (χ3v) is 4.13. The van der Waals surface area contributed by atoms with Gasteiger partial charge in [-0.15, -0.1) is 11.6 Å². The molecule has 0 saturated carbocycles.